The number of halogens is 3. The van der Waals surface area contributed by atoms with Crippen molar-refractivity contribution < 1.29 is 4.39 Å². The van der Waals surface area contributed by atoms with Gasteiger partial charge in [0, 0.05) is 11.6 Å². The van der Waals surface area contributed by atoms with Gasteiger partial charge in [-0.1, -0.05) is 31.9 Å². The van der Waals surface area contributed by atoms with Gasteiger partial charge in [-0.25, -0.2) is 4.39 Å². The van der Waals surface area contributed by atoms with Gasteiger partial charge in [0.1, 0.15) is 5.82 Å². The molecule has 0 aliphatic rings. The SMILES string of the molecule is CCCC[C@H](N)c1cccc(Br)c1F.Cl. The van der Waals surface area contributed by atoms with Crippen LogP contribution in [0.2, 0.25) is 0 Å². The smallest absolute Gasteiger partial charge is 0.142 e. The van der Waals surface area contributed by atoms with Crippen LogP contribution in [0.1, 0.15) is 37.8 Å². The molecule has 0 saturated heterocycles. The van der Waals surface area contributed by atoms with Crippen LogP contribution in [0.5, 0.6) is 0 Å². The molecule has 15 heavy (non-hydrogen) atoms. The number of hydrogen-bond acceptors (Lipinski definition) is 1. The quantitative estimate of drug-likeness (QED) is 0.885. The molecular weight excluding hydrogens is 280 g/mol. The van der Waals surface area contributed by atoms with Crippen LogP contribution in [-0.4, -0.2) is 0 Å². The fraction of sp³-hybridized carbons (Fsp3) is 0.455. The molecule has 0 unspecified atom stereocenters. The molecule has 0 bridgehead atoms. The van der Waals surface area contributed by atoms with Crippen molar-refractivity contribution in [1.82, 2.24) is 0 Å². The van der Waals surface area contributed by atoms with Crippen molar-refractivity contribution in [2.45, 2.75) is 32.2 Å². The predicted octanol–water partition coefficient (Wildman–Crippen LogP) is 4.20. The van der Waals surface area contributed by atoms with Gasteiger partial charge in [0.15, 0.2) is 0 Å². The van der Waals surface area contributed by atoms with Crippen LogP contribution in [0.4, 0.5) is 4.39 Å². The van der Waals surface area contributed by atoms with Gasteiger partial charge in [0.05, 0.1) is 4.47 Å². The molecule has 1 aromatic rings. The van der Waals surface area contributed by atoms with Crippen LogP contribution in [-0.2, 0) is 0 Å². The lowest BCUT2D eigenvalue weighted by Crippen LogP contribution is -2.12. The summed E-state index contributed by atoms with van der Waals surface area (Å²) in [6, 6.07) is 5.06. The summed E-state index contributed by atoms with van der Waals surface area (Å²) >= 11 is 3.15. The molecule has 1 nitrogen and oxygen atoms in total. The van der Waals surface area contributed by atoms with Crippen molar-refractivity contribution in [1.29, 1.82) is 0 Å². The Morgan fingerprint density at radius 2 is 2.13 bits per heavy atom. The first-order valence-corrected chi connectivity index (χ1v) is 5.65. The zero-order valence-electron chi connectivity index (χ0n) is 8.67. The maximum Gasteiger partial charge on any atom is 0.142 e. The van der Waals surface area contributed by atoms with Crippen molar-refractivity contribution in [3.05, 3.63) is 34.1 Å². The lowest BCUT2D eigenvalue weighted by Gasteiger charge is -2.12. The summed E-state index contributed by atoms with van der Waals surface area (Å²) < 4.78 is 14.0. The lowest BCUT2D eigenvalue weighted by molar-refractivity contribution is 0.544. The fourth-order valence-electron chi connectivity index (χ4n) is 1.39. The zero-order chi connectivity index (χ0) is 10.6. The second kappa shape index (κ2) is 7.20. The van der Waals surface area contributed by atoms with E-state index in [0.29, 0.717) is 10.0 Å². The van der Waals surface area contributed by atoms with E-state index in [1.807, 2.05) is 6.07 Å². The maximum atomic E-state index is 13.6. The number of rotatable bonds is 4. The van der Waals surface area contributed by atoms with Gasteiger partial charge in [-0.05, 0) is 28.4 Å². The summed E-state index contributed by atoms with van der Waals surface area (Å²) in [5.41, 5.74) is 6.49. The highest BCUT2D eigenvalue weighted by Crippen LogP contribution is 2.25. The summed E-state index contributed by atoms with van der Waals surface area (Å²) in [6.07, 6.45) is 2.96. The van der Waals surface area contributed by atoms with Crippen LogP contribution < -0.4 is 5.73 Å². The average Bonchev–Trinajstić information content (AvgIpc) is 2.18. The monoisotopic (exact) mass is 295 g/mol. The normalized spacial score (nSPS) is 12.0. The van der Waals surface area contributed by atoms with E-state index in [0.717, 1.165) is 19.3 Å². The second-order valence-electron chi connectivity index (χ2n) is 3.39. The van der Waals surface area contributed by atoms with Crippen LogP contribution in [0.15, 0.2) is 22.7 Å². The number of nitrogens with two attached hydrogens (primary N) is 1. The minimum atomic E-state index is -0.226. The molecular formula is C11H16BrClFN. The highest BCUT2D eigenvalue weighted by atomic mass is 79.9. The summed E-state index contributed by atoms with van der Waals surface area (Å²) in [5, 5.41) is 0. The Balaban J connectivity index is 0.00000196. The third kappa shape index (κ3) is 4.09. The van der Waals surface area contributed by atoms with Crippen molar-refractivity contribution in [2.24, 2.45) is 5.73 Å². The number of benzene rings is 1. The molecule has 1 rings (SSSR count). The van der Waals surface area contributed by atoms with Crippen LogP contribution >= 0.6 is 28.3 Å². The number of hydrogen-bond donors (Lipinski definition) is 1. The average molecular weight is 297 g/mol. The Labute approximate surface area is 105 Å². The van der Waals surface area contributed by atoms with E-state index in [4.69, 9.17) is 5.73 Å². The van der Waals surface area contributed by atoms with Gasteiger partial charge >= 0.3 is 0 Å². The van der Waals surface area contributed by atoms with E-state index in [1.54, 1.807) is 12.1 Å². The molecule has 0 aliphatic carbocycles. The van der Waals surface area contributed by atoms with E-state index in [1.165, 1.54) is 0 Å². The maximum absolute atomic E-state index is 13.6. The van der Waals surface area contributed by atoms with Crippen molar-refractivity contribution in [3.8, 4) is 0 Å². The zero-order valence-corrected chi connectivity index (χ0v) is 11.1. The highest BCUT2D eigenvalue weighted by molar-refractivity contribution is 9.10. The molecule has 0 aliphatic heterocycles. The molecule has 0 spiro atoms. The minimum absolute atomic E-state index is 0. The van der Waals surface area contributed by atoms with Crippen LogP contribution in [0, 0.1) is 5.82 Å². The molecule has 86 valence electrons. The Hall–Kier alpha value is -0.120. The molecule has 0 fully saturated rings. The molecule has 1 aromatic carbocycles. The fourth-order valence-corrected chi connectivity index (χ4v) is 1.77. The molecule has 0 radical (unpaired) electrons. The van der Waals surface area contributed by atoms with E-state index in [2.05, 4.69) is 22.9 Å². The Kier molecular flexibility index (Phi) is 7.14. The molecule has 0 amide bonds. The summed E-state index contributed by atoms with van der Waals surface area (Å²) in [5.74, 6) is -0.226. The molecule has 2 N–H and O–H groups in total. The molecule has 0 aromatic heterocycles. The summed E-state index contributed by atoms with van der Waals surface area (Å²) in [6.45, 7) is 2.10. The largest absolute Gasteiger partial charge is 0.324 e. The van der Waals surface area contributed by atoms with E-state index in [-0.39, 0.29) is 24.3 Å². The topological polar surface area (TPSA) is 26.0 Å². The van der Waals surface area contributed by atoms with Gasteiger partial charge in [-0.15, -0.1) is 12.4 Å². The van der Waals surface area contributed by atoms with Gasteiger partial charge in [-0.2, -0.15) is 0 Å². The van der Waals surface area contributed by atoms with Crippen molar-refractivity contribution in [2.75, 3.05) is 0 Å². The first-order valence-electron chi connectivity index (χ1n) is 4.86. The molecule has 1 atom stereocenters. The van der Waals surface area contributed by atoms with Crippen molar-refractivity contribution in [3.63, 3.8) is 0 Å². The third-order valence-corrected chi connectivity index (χ3v) is 2.86. The first-order chi connectivity index (χ1) is 6.66. The lowest BCUT2D eigenvalue weighted by atomic mass is 10.0. The van der Waals surface area contributed by atoms with E-state index >= 15 is 0 Å². The molecule has 0 heterocycles. The second-order valence-corrected chi connectivity index (χ2v) is 4.25. The minimum Gasteiger partial charge on any atom is -0.324 e. The Bertz CT molecular complexity index is 307. The van der Waals surface area contributed by atoms with Gasteiger partial charge in [0.25, 0.3) is 0 Å². The first kappa shape index (κ1) is 14.9. The van der Waals surface area contributed by atoms with Gasteiger partial charge in [0.2, 0.25) is 0 Å². The highest BCUT2D eigenvalue weighted by Gasteiger charge is 2.12. The third-order valence-electron chi connectivity index (χ3n) is 2.25. The summed E-state index contributed by atoms with van der Waals surface area (Å²) in [4.78, 5) is 0. The van der Waals surface area contributed by atoms with Crippen LogP contribution in [0.25, 0.3) is 0 Å². The van der Waals surface area contributed by atoms with Gasteiger partial charge in [-0.3, -0.25) is 0 Å². The van der Waals surface area contributed by atoms with E-state index in [9.17, 15) is 4.39 Å². The molecule has 0 saturated carbocycles. The standard InChI is InChI=1S/C11H15BrFN.ClH/c1-2-3-7-10(14)8-5-4-6-9(12)11(8)13;/h4-6,10H,2-3,7,14H2,1H3;1H/t10-;/m0./s1. The van der Waals surface area contributed by atoms with Crippen LogP contribution in [0.3, 0.4) is 0 Å². The number of unbranched alkanes of at least 4 members (excludes halogenated alkanes) is 1. The Morgan fingerprint density at radius 1 is 1.47 bits per heavy atom. The van der Waals surface area contributed by atoms with Gasteiger partial charge < -0.3 is 5.73 Å². The predicted molar refractivity (Wildman–Crippen MR) is 67.8 cm³/mol. The van der Waals surface area contributed by atoms with E-state index < -0.39 is 0 Å². The Morgan fingerprint density at radius 3 is 2.73 bits per heavy atom. The van der Waals surface area contributed by atoms with Crippen molar-refractivity contribution >= 4 is 28.3 Å². The molecule has 4 heteroatoms. The summed E-state index contributed by atoms with van der Waals surface area (Å²) in [7, 11) is 0.